The van der Waals surface area contributed by atoms with Crippen LogP contribution in [0.3, 0.4) is 0 Å². The maximum absolute atomic E-state index is 12.9. The summed E-state index contributed by atoms with van der Waals surface area (Å²) in [6.45, 7) is 3.94. The molecule has 0 aromatic heterocycles. The summed E-state index contributed by atoms with van der Waals surface area (Å²) in [7, 11) is 0. The zero-order chi connectivity index (χ0) is 10.8. The van der Waals surface area contributed by atoms with Crippen LogP contribution in [-0.2, 0) is 4.74 Å². The number of ether oxygens (including phenoxy) is 1. The van der Waals surface area contributed by atoms with E-state index in [1.54, 1.807) is 13.8 Å². The molecule has 84 valence electrons. The van der Waals surface area contributed by atoms with Crippen molar-refractivity contribution in [2.75, 3.05) is 19.8 Å². The first-order valence-electron chi connectivity index (χ1n) is 4.83. The third-order valence-corrected chi connectivity index (χ3v) is 2.85. The van der Waals surface area contributed by atoms with E-state index in [-0.39, 0.29) is 19.6 Å². The van der Waals surface area contributed by atoms with Gasteiger partial charge in [0.15, 0.2) is 0 Å². The van der Waals surface area contributed by atoms with Gasteiger partial charge in [0.2, 0.25) is 0 Å². The zero-order valence-corrected chi connectivity index (χ0v) is 8.45. The Hall–Kier alpha value is -0.290. The van der Waals surface area contributed by atoms with Gasteiger partial charge in [0, 0.05) is 12.5 Å². The highest BCUT2D eigenvalue weighted by Gasteiger charge is 2.58. The minimum Gasteiger partial charge on any atom is -0.381 e. The lowest BCUT2D eigenvalue weighted by atomic mass is 9.80. The highest BCUT2D eigenvalue weighted by Crippen LogP contribution is 2.41. The van der Waals surface area contributed by atoms with Crippen LogP contribution in [0.25, 0.3) is 0 Å². The average molecular weight is 211 g/mol. The summed E-state index contributed by atoms with van der Waals surface area (Å²) in [4.78, 5) is 0. The molecule has 5 heteroatoms. The number of halogens is 3. The summed E-state index contributed by atoms with van der Waals surface area (Å²) in [6.07, 6.45) is -4.20. The lowest BCUT2D eigenvalue weighted by Gasteiger charge is -2.44. The molecule has 0 aromatic carbocycles. The summed E-state index contributed by atoms with van der Waals surface area (Å²) >= 11 is 0. The second kappa shape index (κ2) is 4.06. The molecular weight excluding hydrogens is 195 g/mol. The van der Waals surface area contributed by atoms with Gasteiger partial charge in [-0.15, -0.1) is 0 Å². The van der Waals surface area contributed by atoms with Gasteiger partial charge in [0.25, 0.3) is 0 Å². The predicted molar refractivity (Wildman–Crippen MR) is 47.1 cm³/mol. The summed E-state index contributed by atoms with van der Waals surface area (Å²) in [5.41, 5.74) is -1.75. The first-order valence-corrected chi connectivity index (χ1v) is 4.83. The molecule has 1 fully saturated rings. The monoisotopic (exact) mass is 211 g/mol. The van der Waals surface area contributed by atoms with Crippen molar-refractivity contribution < 1.29 is 17.9 Å². The molecule has 0 aromatic rings. The molecule has 2 atom stereocenters. The van der Waals surface area contributed by atoms with Gasteiger partial charge in [0.05, 0.1) is 6.61 Å². The van der Waals surface area contributed by atoms with Gasteiger partial charge in [-0.3, -0.25) is 0 Å². The molecule has 0 aliphatic carbocycles. The summed E-state index contributed by atoms with van der Waals surface area (Å²) in [5.74, 6) is -0.531. The first kappa shape index (κ1) is 11.8. The minimum absolute atomic E-state index is 0.00546. The number of hydrogen-bond acceptors (Lipinski definition) is 2. The molecule has 1 N–H and O–H groups in total. The second-order valence-electron chi connectivity index (χ2n) is 3.73. The van der Waals surface area contributed by atoms with Gasteiger partial charge in [-0.25, -0.2) is 0 Å². The summed E-state index contributed by atoms with van der Waals surface area (Å²) in [6, 6.07) is 0. The fraction of sp³-hybridized carbons (Fsp3) is 1.00. The van der Waals surface area contributed by atoms with Crippen molar-refractivity contribution in [1.82, 2.24) is 5.32 Å². The van der Waals surface area contributed by atoms with Crippen molar-refractivity contribution in [3.63, 3.8) is 0 Å². The van der Waals surface area contributed by atoms with E-state index < -0.39 is 17.6 Å². The Bertz CT molecular complexity index is 191. The summed E-state index contributed by atoms with van der Waals surface area (Å²) < 4.78 is 43.8. The van der Waals surface area contributed by atoms with Crippen LogP contribution < -0.4 is 5.32 Å². The standard InChI is InChI=1S/C9H16F3NO/c1-3-13-8(9(10,11)12)4-5-14-6-7(8)2/h7,13H,3-6H2,1-2H3. The molecule has 0 radical (unpaired) electrons. The molecule has 1 saturated heterocycles. The van der Waals surface area contributed by atoms with E-state index in [0.717, 1.165) is 0 Å². The van der Waals surface area contributed by atoms with E-state index in [2.05, 4.69) is 5.32 Å². The Labute approximate surface area is 81.8 Å². The van der Waals surface area contributed by atoms with Gasteiger partial charge in [-0.1, -0.05) is 13.8 Å². The van der Waals surface area contributed by atoms with Gasteiger partial charge in [-0.05, 0) is 13.0 Å². The molecule has 14 heavy (non-hydrogen) atoms. The van der Waals surface area contributed by atoms with Crippen molar-refractivity contribution in [3.8, 4) is 0 Å². The smallest absolute Gasteiger partial charge is 0.381 e. The third-order valence-electron chi connectivity index (χ3n) is 2.85. The highest BCUT2D eigenvalue weighted by molar-refractivity contribution is 5.00. The van der Waals surface area contributed by atoms with E-state index in [1.807, 2.05) is 0 Å². The molecule has 1 aliphatic rings. The van der Waals surface area contributed by atoms with Crippen LogP contribution in [0, 0.1) is 5.92 Å². The van der Waals surface area contributed by atoms with Crippen LogP contribution in [0.5, 0.6) is 0 Å². The average Bonchev–Trinajstić information content (AvgIpc) is 2.07. The van der Waals surface area contributed by atoms with Crippen molar-refractivity contribution in [2.24, 2.45) is 5.92 Å². The Balaban J connectivity index is 2.89. The normalized spacial score (nSPS) is 34.5. The molecule has 0 spiro atoms. The van der Waals surface area contributed by atoms with Crippen LogP contribution in [0.1, 0.15) is 20.3 Å². The minimum atomic E-state index is -4.20. The molecule has 0 saturated carbocycles. The highest BCUT2D eigenvalue weighted by atomic mass is 19.4. The van der Waals surface area contributed by atoms with Gasteiger partial charge in [0.1, 0.15) is 5.54 Å². The molecule has 0 bridgehead atoms. The van der Waals surface area contributed by atoms with Gasteiger partial charge < -0.3 is 10.1 Å². The fourth-order valence-electron chi connectivity index (χ4n) is 1.98. The van der Waals surface area contributed by atoms with Crippen LogP contribution >= 0.6 is 0 Å². The lowest BCUT2D eigenvalue weighted by Crippen LogP contribution is -2.64. The van der Waals surface area contributed by atoms with Crippen LogP contribution in [0.2, 0.25) is 0 Å². The lowest BCUT2D eigenvalue weighted by molar-refractivity contribution is -0.232. The fourth-order valence-corrected chi connectivity index (χ4v) is 1.98. The van der Waals surface area contributed by atoms with E-state index in [1.165, 1.54) is 0 Å². The van der Waals surface area contributed by atoms with Crippen molar-refractivity contribution in [3.05, 3.63) is 0 Å². The molecule has 2 nitrogen and oxygen atoms in total. The number of hydrogen-bond donors (Lipinski definition) is 1. The second-order valence-corrected chi connectivity index (χ2v) is 3.73. The third kappa shape index (κ3) is 1.88. The number of alkyl halides is 3. The molecular formula is C9H16F3NO. The van der Waals surface area contributed by atoms with Crippen molar-refractivity contribution in [1.29, 1.82) is 0 Å². The molecule has 1 aliphatic heterocycles. The first-order chi connectivity index (χ1) is 6.44. The molecule has 2 unspecified atom stereocenters. The van der Waals surface area contributed by atoms with E-state index in [4.69, 9.17) is 4.74 Å². The summed E-state index contributed by atoms with van der Waals surface area (Å²) in [5, 5.41) is 2.58. The Morgan fingerprint density at radius 2 is 2.14 bits per heavy atom. The largest absolute Gasteiger partial charge is 0.407 e. The van der Waals surface area contributed by atoms with Crippen LogP contribution in [0.15, 0.2) is 0 Å². The van der Waals surface area contributed by atoms with E-state index in [9.17, 15) is 13.2 Å². The predicted octanol–water partition coefficient (Wildman–Crippen LogP) is 1.95. The maximum atomic E-state index is 12.9. The molecule has 1 rings (SSSR count). The van der Waals surface area contributed by atoms with Crippen LogP contribution in [-0.4, -0.2) is 31.5 Å². The Kier molecular flexibility index (Phi) is 3.42. The van der Waals surface area contributed by atoms with E-state index in [0.29, 0.717) is 6.54 Å². The van der Waals surface area contributed by atoms with Gasteiger partial charge >= 0.3 is 6.18 Å². The quantitative estimate of drug-likeness (QED) is 0.753. The van der Waals surface area contributed by atoms with Crippen LogP contribution in [0.4, 0.5) is 13.2 Å². The van der Waals surface area contributed by atoms with Gasteiger partial charge in [-0.2, -0.15) is 13.2 Å². The zero-order valence-electron chi connectivity index (χ0n) is 8.45. The Morgan fingerprint density at radius 1 is 1.50 bits per heavy atom. The SMILES string of the molecule is CCNC1(C(F)(F)F)CCOCC1C. The van der Waals surface area contributed by atoms with Crippen molar-refractivity contribution >= 4 is 0 Å². The van der Waals surface area contributed by atoms with E-state index >= 15 is 0 Å². The number of rotatable bonds is 2. The number of nitrogens with one attached hydrogen (secondary N) is 1. The molecule has 0 amide bonds. The Morgan fingerprint density at radius 3 is 2.57 bits per heavy atom. The topological polar surface area (TPSA) is 21.3 Å². The molecule has 1 heterocycles. The van der Waals surface area contributed by atoms with Crippen molar-refractivity contribution in [2.45, 2.75) is 32.0 Å². The maximum Gasteiger partial charge on any atom is 0.407 e.